The van der Waals surface area contributed by atoms with Crippen LogP contribution >= 0.6 is 11.6 Å². The van der Waals surface area contributed by atoms with Gasteiger partial charge in [0.15, 0.2) is 0 Å². The average molecular weight is 465 g/mol. The van der Waals surface area contributed by atoms with Crippen molar-refractivity contribution in [1.29, 1.82) is 0 Å². The van der Waals surface area contributed by atoms with Crippen LogP contribution in [-0.4, -0.2) is 38.2 Å². The SMILES string of the molecule is CCCCS(=O)(=O)NCc1cc2c(cc1F)CC(N1CCC1)C2Cc1cccc(Cl)c1. The monoisotopic (exact) mass is 464 g/mol. The van der Waals surface area contributed by atoms with Gasteiger partial charge in [0.05, 0.1) is 5.75 Å². The van der Waals surface area contributed by atoms with Gasteiger partial charge < -0.3 is 0 Å². The lowest BCUT2D eigenvalue weighted by Gasteiger charge is -2.39. The van der Waals surface area contributed by atoms with Crippen LogP contribution in [0.1, 0.15) is 54.4 Å². The number of hydrogen-bond donors (Lipinski definition) is 1. The zero-order chi connectivity index (χ0) is 22.0. The lowest BCUT2D eigenvalue weighted by Crippen LogP contribution is -2.47. The van der Waals surface area contributed by atoms with Crippen LogP contribution < -0.4 is 4.72 Å². The van der Waals surface area contributed by atoms with E-state index in [2.05, 4.69) is 15.7 Å². The summed E-state index contributed by atoms with van der Waals surface area (Å²) >= 11 is 6.21. The van der Waals surface area contributed by atoms with Gasteiger partial charge in [0, 0.05) is 29.1 Å². The first-order valence-electron chi connectivity index (χ1n) is 11.1. The molecule has 2 unspecified atom stereocenters. The molecule has 2 aromatic rings. The van der Waals surface area contributed by atoms with Crippen LogP contribution in [0.5, 0.6) is 0 Å². The fourth-order valence-electron chi connectivity index (χ4n) is 4.72. The number of likely N-dealkylation sites (tertiary alicyclic amines) is 1. The molecule has 1 fully saturated rings. The largest absolute Gasteiger partial charge is 0.299 e. The Morgan fingerprint density at radius 1 is 1.23 bits per heavy atom. The molecule has 0 aromatic heterocycles. The number of nitrogens with zero attached hydrogens (tertiary/aromatic N) is 1. The highest BCUT2D eigenvalue weighted by Gasteiger charge is 2.38. The van der Waals surface area contributed by atoms with Gasteiger partial charge in [0.2, 0.25) is 10.0 Å². The number of unbranched alkanes of at least 4 members (excludes halogenated alkanes) is 1. The quantitative estimate of drug-likeness (QED) is 0.587. The minimum Gasteiger partial charge on any atom is -0.299 e. The van der Waals surface area contributed by atoms with Crippen LogP contribution in [0.3, 0.4) is 0 Å². The first kappa shape index (κ1) is 22.7. The van der Waals surface area contributed by atoms with E-state index in [-0.39, 0.29) is 24.0 Å². The number of fused-ring (bicyclic) bond motifs is 1. The Hall–Kier alpha value is -1.47. The number of benzene rings is 2. The second-order valence-electron chi connectivity index (χ2n) is 8.74. The Bertz CT molecular complexity index is 1040. The molecule has 4 nitrogen and oxygen atoms in total. The molecular formula is C24H30ClFN2O2S. The van der Waals surface area contributed by atoms with Crippen LogP contribution in [0, 0.1) is 5.82 Å². The predicted octanol–water partition coefficient (Wildman–Crippen LogP) is 4.66. The van der Waals surface area contributed by atoms with E-state index < -0.39 is 10.0 Å². The first-order chi connectivity index (χ1) is 14.9. The average Bonchev–Trinajstić information content (AvgIpc) is 3.00. The molecule has 1 N–H and O–H groups in total. The summed E-state index contributed by atoms with van der Waals surface area (Å²) in [4.78, 5) is 2.49. The van der Waals surface area contributed by atoms with Gasteiger partial charge in [0.25, 0.3) is 0 Å². The Morgan fingerprint density at radius 3 is 2.71 bits per heavy atom. The zero-order valence-corrected chi connectivity index (χ0v) is 19.5. The highest BCUT2D eigenvalue weighted by atomic mass is 35.5. The van der Waals surface area contributed by atoms with E-state index in [9.17, 15) is 12.8 Å². The molecule has 168 valence electrons. The summed E-state index contributed by atoms with van der Waals surface area (Å²) in [5.41, 5.74) is 3.77. The topological polar surface area (TPSA) is 49.4 Å². The van der Waals surface area contributed by atoms with Crippen molar-refractivity contribution in [1.82, 2.24) is 9.62 Å². The summed E-state index contributed by atoms with van der Waals surface area (Å²) in [5, 5.41) is 0.720. The van der Waals surface area contributed by atoms with Crippen LogP contribution in [0.25, 0.3) is 0 Å². The zero-order valence-electron chi connectivity index (χ0n) is 17.9. The van der Waals surface area contributed by atoms with E-state index in [1.807, 2.05) is 31.2 Å². The molecule has 0 saturated carbocycles. The van der Waals surface area contributed by atoms with Gasteiger partial charge in [-0.15, -0.1) is 0 Å². The lowest BCUT2D eigenvalue weighted by molar-refractivity contribution is 0.106. The third kappa shape index (κ3) is 5.30. The van der Waals surface area contributed by atoms with Crippen molar-refractivity contribution < 1.29 is 12.8 Å². The Morgan fingerprint density at radius 2 is 2.03 bits per heavy atom. The van der Waals surface area contributed by atoms with Crippen LogP contribution in [-0.2, 0) is 29.4 Å². The first-order valence-corrected chi connectivity index (χ1v) is 13.2. The van der Waals surface area contributed by atoms with Crippen molar-refractivity contribution in [2.75, 3.05) is 18.8 Å². The molecule has 7 heteroatoms. The van der Waals surface area contributed by atoms with Gasteiger partial charge in [-0.3, -0.25) is 4.90 Å². The number of sulfonamides is 1. The highest BCUT2D eigenvalue weighted by Crippen LogP contribution is 2.41. The summed E-state index contributed by atoms with van der Waals surface area (Å²) in [5.74, 6) is -0.0164. The van der Waals surface area contributed by atoms with Crippen molar-refractivity contribution in [2.24, 2.45) is 0 Å². The molecule has 1 aliphatic heterocycles. The van der Waals surface area contributed by atoms with Crippen molar-refractivity contribution in [3.8, 4) is 0 Å². The number of hydrogen-bond acceptors (Lipinski definition) is 3. The summed E-state index contributed by atoms with van der Waals surface area (Å²) in [6, 6.07) is 11.8. The molecule has 0 amide bonds. The van der Waals surface area contributed by atoms with Crippen molar-refractivity contribution in [3.05, 3.63) is 69.5 Å². The molecule has 0 spiro atoms. The van der Waals surface area contributed by atoms with E-state index in [1.54, 1.807) is 6.07 Å². The minimum atomic E-state index is -3.40. The molecule has 2 atom stereocenters. The maximum atomic E-state index is 14.8. The van der Waals surface area contributed by atoms with Gasteiger partial charge in [-0.2, -0.15) is 0 Å². The smallest absolute Gasteiger partial charge is 0.211 e. The second kappa shape index (κ2) is 9.57. The number of halogens is 2. The van der Waals surface area contributed by atoms with Crippen LogP contribution in [0.15, 0.2) is 36.4 Å². The number of nitrogens with one attached hydrogen (secondary N) is 1. The Balaban J connectivity index is 1.59. The standard InChI is InChI=1S/C24H30ClFN2O2S/c1-2-3-10-31(29,30)27-16-19-13-21-18(14-23(19)26)15-24(28-8-5-9-28)22(21)12-17-6-4-7-20(25)11-17/h4,6-7,11,13-14,22,24,27H,2-3,5,8-10,12,15-16H2,1H3. The van der Waals surface area contributed by atoms with E-state index in [4.69, 9.17) is 11.6 Å². The molecule has 31 heavy (non-hydrogen) atoms. The maximum Gasteiger partial charge on any atom is 0.211 e. The van der Waals surface area contributed by atoms with Crippen molar-refractivity contribution in [3.63, 3.8) is 0 Å². The van der Waals surface area contributed by atoms with Gasteiger partial charge in [-0.1, -0.05) is 43.1 Å². The predicted molar refractivity (Wildman–Crippen MR) is 124 cm³/mol. The third-order valence-corrected chi connectivity index (χ3v) is 8.20. The molecule has 1 saturated heterocycles. The molecule has 1 aliphatic carbocycles. The van der Waals surface area contributed by atoms with Crippen molar-refractivity contribution >= 4 is 21.6 Å². The lowest BCUT2D eigenvalue weighted by atomic mass is 9.88. The van der Waals surface area contributed by atoms with E-state index in [0.29, 0.717) is 18.0 Å². The maximum absolute atomic E-state index is 14.8. The molecule has 1 heterocycles. The third-order valence-electron chi connectivity index (χ3n) is 6.55. The molecule has 2 aromatic carbocycles. The molecule has 4 rings (SSSR count). The molecule has 0 bridgehead atoms. The van der Waals surface area contributed by atoms with E-state index in [0.717, 1.165) is 48.5 Å². The second-order valence-corrected chi connectivity index (χ2v) is 11.1. The molecular weight excluding hydrogens is 435 g/mol. The van der Waals surface area contributed by atoms with Gasteiger partial charge in [0.1, 0.15) is 5.82 Å². The van der Waals surface area contributed by atoms with Gasteiger partial charge >= 0.3 is 0 Å². The fourth-order valence-corrected chi connectivity index (χ4v) is 6.13. The van der Waals surface area contributed by atoms with E-state index >= 15 is 0 Å². The van der Waals surface area contributed by atoms with Crippen LogP contribution in [0.2, 0.25) is 5.02 Å². The van der Waals surface area contributed by atoms with Gasteiger partial charge in [-0.05, 0) is 73.7 Å². The fraction of sp³-hybridized carbons (Fsp3) is 0.500. The summed E-state index contributed by atoms with van der Waals surface area (Å²) < 4.78 is 41.8. The van der Waals surface area contributed by atoms with Crippen LogP contribution in [0.4, 0.5) is 4.39 Å². The summed E-state index contributed by atoms with van der Waals surface area (Å²) in [7, 11) is -3.40. The molecule has 2 aliphatic rings. The van der Waals surface area contributed by atoms with E-state index in [1.165, 1.54) is 12.0 Å². The highest BCUT2D eigenvalue weighted by molar-refractivity contribution is 7.89. The summed E-state index contributed by atoms with van der Waals surface area (Å²) in [6.07, 6.45) is 4.27. The van der Waals surface area contributed by atoms with Crippen molar-refractivity contribution in [2.45, 2.75) is 57.5 Å². The Labute approximate surface area is 189 Å². The minimum absolute atomic E-state index is 0.0105. The Kier molecular flexibility index (Phi) is 7.01. The van der Waals surface area contributed by atoms with Gasteiger partial charge in [-0.25, -0.2) is 17.5 Å². The summed E-state index contributed by atoms with van der Waals surface area (Å²) in [6.45, 7) is 4.10. The normalized spacial score (nSPS) is 21.1. The molecule has 0 radical (unpaired) electrons. The number of rotatable bonds is 9.